The number of hydrogen-bond donors (Lipinski definition) is 3. The lowest BCUT2D eigenvalue weighted by Crippen LogP contribution is -2.39. The highest BCUT2D eigenvalue weighted by Gasteiger charge is 2.10. The smallest absolute Gasteiger partial charge is 0.191 e. The van der Waals surface area contributed by atoms with Crippen molar-refractivity contribution in [2.45, 2.75) is 39.5 Å². The molecule has 8 heteroatoms. The molecule has 3 N–H and O–H groups in total. The molecule has 1 atom stereocenters. The summed E-state index contributed by atoms with van der Waals surface area (Å²) in [5, 5.41) is 21.2. The van der Waals surface area contributed by atoms with E-state index in [0.717, 1.165) is 22.7 Å². The monoisotopic (exact) mass is 422 g/mol. The van der Waals surface area contributed by atoms with Crippen molar-refractivity contribution < 1.29 is 9.84 Å². The summed E-state index contributed by atoms with van der Waals surface area (Å²) in [6.07, 6.45) is 4.71. The number of pyridine rings is 1. The molecule has 0 spiro atoms. The van der Waals surface area contributed by atoms with Gasteiger partial charge in [-0.3, -0.25) is 0 Å². The molecule has 8 nitrogen and oxygen atoms in total. The molecule has 3 aromatic rings. The molecular formula is C23H30N6O2. The average Bonchev–Trinajstić information content (AvgIpc) is 3.30. The van der Waals surface area contributed by atoms with Crippen LogP contribution in [0.2, 0.25) is 0 Å². The van der Waals surface area contributed by atoms with Crippen molar-refractivity contribution in [1.82, 2.24) is 25.4 Å². The van der Waals surface area contributed by atoms with E-state index in [2.05, 4.69) is 25.7 Å². The second-order valence-corrected chi connectivity index (χ2v) is 7.30. The van der Waals surface area contributed by atoms with Gasteiger partial charge in [-0.25, -0.2) is 14.7 Å². The summed E-state index contributed by atoms with van der Waals surface area (Å²) in [5.74, 6) is 2.13. The molecule has 164 valence electrons. The molecule has 0 radical (unpaired) electrons. The van der Waals surface area contributed by atoms with Crippen LogP contribution in [0.25, 0.3) is 5.82 Å². The number of guanidine groups is 1. The summed E-state index contributed by atoms with van der Waals surface area (Å²) in [6.45, 7) is 7.47. The van der Waals surface area contributed by atoms with Gasteiger partial charge in [0.15, 0.2) is 11.8 Å². The molecule has 31 heavy (non-hydrogen) atoms. The van der Waals surface area contributed by atoms with Gasteiger partial charge in [0.1, 0.15) is 5.75 Å². The number of ether oxygens (including phenoxy) is 1. The molecule has 0 aliphatic rings. The van der Waals surface area contributed by atoms with Gasteiger partial charge >= 0.3 is 0 Å². The molecule has 1 unspecified atom stereocenters. The minimum Gasteiger partial charge on any atom is -0.491 e. The fourth-order valence-corrected chi connectivity index (χ4v) is 2.98. The number of hydrogen-bond acceptors (Lipinski definition) is 5. The van der Waals surface area contributed by atoms with Crippen molar-refractivity contribution >= 4 is 5.96 Å². The van der Waals surface area contributed by atoms with Crippen LogP contribution in [-0.2, 0) is 6.54 Å². The fourth-order valence-electron chi connectivity index (χ4n) is 2.98. The highest BCUT2D eigenvalue weighted by Crippen LogP contribution is 2.20. The number of aliphatic hydroxyl groups excluding tert-OH is 1. The Bertz CT molecular complexity index is 972. The summed E-state index contributed by atoms with van der Waals surface area (Å²) in [4.78, 5) is 8.97. The Hall–Kier alpha value is -3.39. The van der Waals surface area contributed by atoms with Gasteiger partial charge in [0.2, 0.25) is 0 Å². The topological polar surface area (TPSA) is 96.6 Å². The Morgan fingerprint density at radius 1 is 1.16 bits per heavy atom. The van der Waals surface area contributed by atoms with Gasteiger partial charge in [-0.1, -0.05) is 12.1 Å². The second kappa shape index (κ2) is 11.1. The largest absolute Gasteiger partial charge is 0.491 e. The van der Waals surface area contributed by atoms with Gasteiger partial charge < -0.3 is 20.5 Å². The highest BCUT2D eigenvalue weighted by molar-refractivity contribution is 5.79. The van der Waals surface area contributed by atoms with Gasteiger partial charge in [0.25, 0.3) is 0 Å². The van der Waals surface area contributed by atoms with E-state index in [1.165, 1.54) is 0 Å². The van der Waals surface area contributed by atoms with Crippen molar-refractivity contribution in [3.05, 3.63) is 72.2 Å². The van der Waals surface area contributed by atoms with Crippen molar-refractivity contribution in [2.24, 2.45) is 4.99 Å². The summed E-state index contributed by atoms with van der Waals surface area (Å²) in [5.41, 5.74) is 1.80. The Balaban J connectivity index is 1.62. The molecule has 0 aliphatic carbocycles. The number of nitrogens with zero attached hydrogens (tertiary/aromatic N) is 4. The van der Waals surface area contributed by atoms with E-state index in [1.54, 1.807) is 17.1 Å². The zero-order chi connectivity index (χ0) is 22.1. The van der Waals surface area contributed by atoms with E-state index < -0.39 is 6.10 Å². The van der Waals surface area contributed by atoms with E-state index in [4.69, 9.17) is 4.74 Å². The zero-order valence-corrected chi connectivity index (χ0v) is 18.2. The summed E-state index contributed by atoms with van der Waals surface area (Å²) in [6, 6.07) is 13.3. The van der Waals surface area contributed by atoms with Crippen LogP contribution in [0.15, 0.2) is 66.0 Å². The van der Waals surface area contributed by atoms with Gasteiger partial charge in [-0.2, -0.15) is 5.10 Å². The number of aliphatic hydroxyl groups is 1. The SMILES string of the molecule is CCNC(=NCc1ccnc(-n2cccn2)c1)NCC(O)c1cccc(OC(C)C)c1. The first-order valence-electron chi connectivity index (χ1n) is 10.5. The standard InChI is InChI=1S/C23H30N6O2/c1-4-24-23(26-15-18-9-11-25-22(13-18)29-12-6-10-28-29)27-16-21(30)19-7-5-8-20(14-19)31-17(2)3/h5-14,17,21,30H,4,15-16H2,1-3H3,(H2,24,26,27). The van der Waals surface area contributed by atoms with Gasteiger partial charge in [0.05, 0.1) is 18.8 Å². The Labute approximate surface area is 183 Å². The van der Waals surface area contributed by atoms with Crippen molar-refractivity contribution in [1.29, 1.82) is 0 Å². The minimum absolute atomic E-state index is 0.0833. The molecule has 0 saturated carbocycles. The van der Waals surface area contributed by atoms with Crippen LogP contribution >= 0.6 is 0 Å². The summed E-state index contributed by atoms with van der Waals surface area (Å²) < 4.78 is 7.43. The number of aromatic nitrogens is 3. The summed E-state index contributed by atoms with van der Waals surface area (Å²) >= 11 is 0. The molecule has 2 aromatic heterocycles. The number of nitrogens with one attached hydrogen (secondary N) is 2. The zero-order valence-electron chi connectivity index (χ0n) is 18.2. The fraction of sp³-hybridized carbons (Fsp3) is 0.348. The Morgan fingerprint density at radius 2 is 2.03 bits per heavy atom. The highest BCUT2D eigenvalue weighted by atomic mass is 16.5. The van der Waals surface area contributed by atoms with E-state index in [-0.39, 0.29) is 6.10 Å². The van der Waals surface area contributed by atoms with Crippen LogP contribution in [0.1, 0.15) is 38.0 Å². The third-order valence-corrected chi connectivity index (χ3v) is 4.39. The van der Waals surface area contributed by atoms with Crippen LogP contribution in [0, 0.1) is 0 Å². The van der Waals surface area contributed by atoms with E-state index in [1.807, 2.05) is 69.4 Å². The molecule has 0 bridgehead atoms. The average molecular weight is 423 g/mol. The lowest BCUT2D eigenvalue weighted by Gasteiger charge is -2.17. The molecule has 1 aromatic carbocycles. The van der Waals surface area contributed by atoms with Crippen LogP contribution in [0.4, 0.5) is 0 Å². The lowest BCUT2D eigenvalue weighted by atomic mass is 10.1. The maximum atomic E-state index is 10.6. The molecule has 0 amide bonds. The lowest BCUT2D eigenvalue weighted by molar-refractivity contribution is 0.179. The first-order chi connectivity index (χ1) is 15.0. The quantitative estimate of drug-likeness (QED) is 0.362. The van der Waals surface area contributed by atoms with Crippen LogP contribution in [-0.4, -0.2) is 45.0 Å². The maximum Gasteiger partial charge on any atom is 0.191 e. The van der Waals surface area contributed by atoms with Crippen molar-refractivity contribution in [3.8, 4) is 11.6 Å². The molecule has 0 fully saturated rings. The summed E-state index contributed by atoms with van der Waals surface area (Å²) in [7, 11) is 0. The van der Waals surface area contributed by atoms with Crippen LogP contribution < -0.4 is 15.4 Å². The Kier molecular flexibility index (Phi) is 8.00. The first kappa shape index (κ1) is 22.3. The number of aliphatic imine (C=N–C) groups is 1. The predicted octanol–water partition coefficient (Wildman–Crippen LogP) is 2.84. The third kappa shape index (κ3) is 6.82. The van der Waals surface area contributed by atoms with Crippen molar-refractivity contribution in [2.75, 3.05) is 13.1 Å². The van der Waals surface area contributed by atoms with E-state index in [9.17, 15) is 5.11 Å². The predicted molar refractivity (Wildman–Crippen MR) is 121 cm³/mol. The van der Waals surface area contributed by atoms with Gasteiger partial charge in [0, 0.05) is 31.7 Å². The molecular weight excluding hydrogens is 392 g/mol. The second-order valence-electron chi connectivity index (χ2n) is 7.30. The van der Waals surface area contributed by atoms with Crippen molar-refractivity contribution in [3.63, 3.8) is 0 Å². The van der Waals surface area contributed by atoms with Crippen LogP contribution in [0.3, 0.4) is 0 Å². The number of rotatable bonds is 9. The van der Waals surface area contributed by atoms with Crippen LogP contribution in [0.5, 0.6) is 5.75 Å². The molecule has 3 rings (SSSR count). The third-order valence-electron chi connectivity index (χ3n) is 4.39. The molecule has 0 saturated heterocycles. The van der Waals surface area contributed by atoms with E-state index >= 15 is 0 Å². The molecule has 0 aliphatic heterocycles. The van der Waals surface area contributed by atoms with Gasteiger partial charge in [-0.05, 0) is 62.2 Å². The maximum absolute atomic E-state index is 10.6. The molecule has 2 heterocycles. The van der Waals surface area contributed by atoms with E-state index in [0.29, 0.717) is 25.6 Å². The number of benzene rings is 1. The first-order valence-corrected chi connectivity index (χ1v) is 10.5. The Morgan fingerprint density at radius 3 is 2.77 bits per heavy atom. The normalized spacial score (nSPS) is 12.6. The van der Waals surface area contributed by atoms with Gasteiger partial charge in [-0.15, -0.1) is 0 Å². The minimum atomic E-state index is -0.688.